The normalized spacial score (nSPS) is 9.55. The van der Waals surface area contributed by atoms with Crippen LogP contribution in [0.2, 0.25) is 0 Å². The zero-order chi connectivity index (χ0) is 14.2. The predicted octanol–water partition coefficient (Wildman–Crippen LogP) is 2.83. The molecular formula is C16H13NO3. The highest BCUT2D eigenvalue weighted by molar-refractivity contribution is 5.75. The lowest BCUT2D eigenvalue weighted by atomic mass is 10.2. The number of carbonyl (C=O) groups excluding carboxylic acids is 1. The Balaban J connectivity index is 1.78. The van der Waals surface area contributed by atoms with Crippen LogP contribution in [0.1, 0.15) is 15.9 Å². The maximum atomic E-state index is 10.6. The summed E-state index contributed by atoms with van der Waals surface area (Å²) in [6.07, 6.45) is 0.778. The third kappa shape index (κ3) is 3.85. The largest absolute Gasteiger partial charge is 0.490 e. The minimum atomic E-state index is 0.377. The number of aldehydes is 1. The molecule has 0 spiro atoms. The minimum Gasteiger partial charge on any atom is -0.490 e. The Bertz CT molecular complexity index is 614. The van der Waals surface area contributed by atoms with Gasteiger partial charge in [-0.3, -0.25) is 4.79 Å². The fourth-order valence-electron chi connectivity index (χ4n) is 1.62. The van der Waals surface area contributed by atoms with Crippen molar-refractivity contribution in [3.05, 3.63) is 59.7 Å². The zero-order valence-electron chi connectivity index (χ0n) is 10.8. The second-order valence-electron chi connectivity index (χ2n) is 4.02. The van der Waals surface area contributed by atoms with E-state index in [1.807, 2.05) is 6.07 Å². The van der Waals surface area contributed by atoms with Gasteiger partial charge >= 0.3 is 0 Å². The molecule has 0 aromatic heterocycles. The lowest BCUT2D eigenvalue weighted by Gasteiger charge is -2.08. The molecule has 0 N–H and O–H groups in total. The van der Waals surface area contributed by atoms with E-state index in [4.69, 9.17) is 14.7 Å². The molecule has 4 heteroatoms. The van der Waals surface area contributed by atoms with Gasteiger partial charge in [-0.05, 0) is 36.4 Å². The first kappa shape index (κ1) is 13.6. The monoisotopic (exact) mass is 267 g/mol. The molecule has 0 fully saturated rings. The van der Waals surface area contributed by atoms with E-state index in [1.165, 1.54) is 0 Å². The summed E-state index contributed by atoms with van der Waals surface area (Å²) in [6, 6.07) is 15.9. The van der Waals surface area contributed by atoms with Crippen LogP contribution in [0.5, 0.6) is 11.5 Å². The molecule has 4 nitrogen and oxygen atoms in total. The van der Waals surface area contributed by atoms with E-state index >= 15 is 0 Å². The van der Waals surface area contributed by atoms with Gasteiger partial charge in [0.15, 0.2) is 0 Å². The SMILES string of the molecule is N#Cc1ccc(OCCOc2cccc(C=O)c2)cc1. The fourth-order valence-corrected chi connectivity index (χ4v) is 1.62. The summed E-state index contributed by atoms with van der Waals surface area (Å²) in [5.41, 5.74) is 1.18. The van der Waals surface area contributed by atoms with Crippen molar-refractivity contribution in [2.75, 3.05) is 13.2 Å². The first-order chi connectivity index (χ1) is 9.81. The van der Waals surface area contributed by atoms with Gasteiger partial charge in [0.1, 0.15) is 31.0 Å². The molecule has 0 unspecified atom stereocenters. The van der Waals surface area contributed by atoms with Crippen LogP contribution in [0, 0.1) is 11.3 Å². The van der Waals surface area contributed by atoms with Crippen LogP contribution in [0.25, 0.3) is 0 Å². The standard InChI is InChI=1S/C16H13NO3/c17-11-13-4-6-15(7-5-13)19-8-9-20-16-3-1-2-14(10-16)12-18/h1-7,10,12H,8-9H2. The first-order valence-corrected chi connectivity index (χ1v) is 6.13. The van der Waals surface area contributed by atoms with E-state index in [2.05, 4.69) is 0 Å². The minimum absolute atomic E-state index is 0.377. The molecule has 0 saturated carbocycles. The van der Waals surface area contributed by atoms with Crippen LogP contribution < -0.4 is 9.47 Å². The second kappa shape index (κ2) is 6.95. The van der Waals surface area contributed by atoms with Crippen molar-refractivity contribution in [3.8, 4) is 17.6 Å². The Morgan fingerprint density at radius 2 is 1.70 bits per heavy atom. The van der Waals surface area contributed by atoms with Gasteiger partial charge in [0.2, 0.25) is 0 Å². The van der Waals surface area contributed by atoms with Crippen molar-refractivity contribution >= 4 is 6.29 Å². The number of nitrogens with zero attached hydrogens (tertiary/aromatic N) is 1. The van der Waals surface area contributed by atoms with E-state index in [0.717, 1.165) is 6.29 Å². The van der Waals surface area contributed by atoms with Crippen LogP contribution in [-0.2, 0) is 0 Å². The van der Waals surface area contributed by atoms with Crippen LogP contribution in [-0.4, -0.2) is 19.5 Å². The van der Waals surface area contributed by atoms with Crippen molar-refractivity contribution in [2.45, 2.75) is 0 Å². The zero-order valence-corrected chi connectivity index (χ0v) is 10.8. The lowest BCUT2D eigenvalue weighted by Crippen LogP contribution is -2.09. The van der Waals surface area contributed by atoms with Gasteiger partial charge in [-0.15, -0.1) is 0 Å². The van der Waals surface area contributed by atoms with Crippen molar-refractivity contribution < 1.29 is 14.3 Å². The summed E-state index contributed by atoms with van der Waals surface area (Å²) in [5.74, 6) is 1.33. The van der Waals surface area contributed by atoms with Crippen molar-refractivity contribution in [1.29, 1.82) is 5.26 Å². The molecule has 2 rings (SSSR count). The van der Waals surface area contributed by atoms with Gasteiger partial charge in [0.05, 0.1) is 11.6 Å². The lowest BCUT2D eigenvalue weighted by molar-refractivity contribution is 0.112. The van der Waals surface area contributed by atoms with Gasteiger partial charge in [0, 0.05) is 5.56 Å². The van der Waals surface area contributed by atoms with E-state index in [0.29, 0.717) is 35.8 Å². The Kier molecular flexibility index (Phi) is 4.74. The summed E-state index contributed by atoms with van der Waals surface area (Å²) in [6.45, 7) is 0.763. The van der Waals surface area contributed by atoms with Gasteiger partial charge < -0.3 is 9.47 Å². The molecule has 0 radical (unpaired) electrons. The van der Waals surface area contributed by atoms with Gasteiger partial charge in [-0.25, -0.2) is 0 Å². The first-order valence-electron chi connectivity index (χ1n) is 6.13. The molecule has 0 saturated heterocycles. The number of rotatable bonds is 6. The maximum absolute atomic E-state index is 10.6. The average molecular weight is 267 g/mol. The molecular weight excluding hydrogens is 254 g/mol. The predicted molar refractivity (Wildman–Crippen MR) is 74.0 cm³/mol. The van der Waals surface area contributed by atoms with Gasteiger partial charge in [-0.1, -0.05) is 12.1 Å². The highest BCUT2D eigenvalue weighted by Gasteiger charge is 1.98. The highest BCUT2D eigenvalue weighted by Crippen LogP contribution is 2.13. The third-order valence-electron chi connectivity index (χ3n) is 2.60. The topological polar surface area (TPSA) is 59.3 Å². The maximum Gasteiger partial charge on any atom is 0.150 e. The molecule has 2 aromatic carbocycles. The average Bonchev–Trinajstić information content (AvgIpc) is 2.52. The molecule has 0 aliphatic rings. The fraction of sp³-hybridized carbons (Fsp3) is 0.125. The molecule has 100 valence electrons. The second-order valence-corrected chi connectivity index (χ2v) is 4.02. The number of carbonyl (C=O) groups is 1. The van der Waals surface area contributed by atoms with Crippen molar-refractivity contribution in [2.24, 2.45) is 0 Å². The highest BCUT2D eigenvalue weighted by atomic mass is 16.5. The quantitative estimate of drug-likeness (QED) is 0.596. The summed E-state index contributed by atoms with van der Waals surface area (Å²) in [4.78, 5) is 10.6. The summed E-state index contributed by atoms with van der Waals surface area (Å²) < 4.78 is 11.0. The van der Waals surface area contributed by atoms with E-state index in [-0.39, 0.29) is 0 Å². The summed E-state index contributed by atoms with van der Waals surface area (Å²) >= 11 is 0. The van der Waals surface area contributed by atoms with E-state index < -0.39 is 0 Å². The smallest absolute Gasteiger partial charge is 0.150 e. The van der Waals surface area contributed by atoms with Crippen molar-refractivity contribution in [3.63, 3.8) is 0 Å². The molecule has 20 heavy (non-hydrogen) atoms. The Labute approximate surface area is 117 Å². The summed E-state index contributed by atoms with van der Waals surface area (Å²) in [7, 11) is 0. The van der Waals surface area contributed by atoms with E-state index in [1.54, 1.807) is 48.5 Å². The van der Waals surface area contributed by atoms with Gasteiger partial charge in [0.25, 0.3) is 0 Å². The number of hydrogen-bond donors (Lipinski definition) is 0. The number of ether oxygens (including phenoxy) is 2. The number of hydrogen-bond acceptors (Lipinski definition) is 4. The number of benzene rings is 2. The number of nitriles is 1. The molecule has 0 heterocycles. The molecule has 2 aromatic rings. The molecule has 0 aliphatic carbocycles. The Morgan fingerprint density at radius 1 is 1.00 bits per heavy atom. The van der Waals surface area contributed by atoms with E-state index in [9.17, 15) is 4.79 Å². The van der Waals surface area contributed by atoms with Crippen LogP contribution in [0.4, 0.5) is 0 Å². The van der Waals surface area contributed by atoms with Crippen molar-refractivity contribution in [1.82, 2.24) is 0 Å². The Hall–Kier alpha value is -2.80. The molecule has 0 bridgehead atoms. The van der Waals surface area contributed by atoms with Crippen LogP contribution >= 0.6 is 0 Å². The molecule has 0 aliphatic heterocycles. The molecule has 0 amide bonds. The molecule has 0 atom stereocenters. The third-order valence-corrected chi connectivity index (χ3v) is 2.60. The van der Waals surface area contributed by atoms with Crippen LogP contribution in [0.15, 0.2) is 48.5 Å². The Morgan fingerprint density at radius 3 is 2.35 bits per heavy atom. The van der Waals surface area contributed by atoms with Gasteiger partial charge in [-0.2, -0.15) is 5.26 Å². The summed E-state index contributed by atoms with van der Waals surface area (Å²) in [5, 5.41) is 8.68. The van der Waals surface area contributed by atoms with Crippen LogP contribution in [0.3, 0.4) is 0 Å².